The van der Waals surface area contributed by atoms with Crippen LogP contribution >= 0.6 is 0 Å². The highest BCUT2D eigenvalue weighted by atomic mass is 16.6. The summed E-state index contributed by atoms with van der Waals surface area (Å²) >= 11 is 0. The van der Waals surface area contributed by atoms with Gasteiger partial charge in [-0.1, -0.05) is 131 Å². The van der Waals surface area contributed by atoms with Gasteiger partial charge in [0.15, 0.2) is 5.78 Å². The van der Waals surface area contributed by atoms with Crippen LogP contribution in [0.15, 0.2) is 103 Å². The van der Waals surface area contributed by atoms with Crippen molar-refractivity contribution >= 4 is 22.6 Å². The molecule has 2 fully saturated rings. The molecule has 6 heteroatoms. The Labute approximate surface area is 340 Å². The maximum absolute atomic E-state index is 14.8. The van der Waals surface area contributed by atoms with Crippen LogP contribution in [0.2, 0.25) is 0 Å². The molecule has 7 atom stereocenters. The number of rotatable bonds is 8. The van der Waals surface area contributed by atoms with Crippen LogP contribution in [0.5, 0.6) is 0 Å². The van der Waals surface area contributed by atoms with Crippen molar-refractivity contribution in [1.82, 2.24) is 4.90 Å². The Bertz CT molecular complexity index is 2070. The van der Waals surface area contributed by atoms with Crippen LogP contribution in [0.1, 0.15) is 131 Å². The average molecular weight is 770 g/mol. The van der Waals surface area contributed by atoms with Gasteiger partial charge in [-0.25, -0.2) is 4.79 Å². The van der Waals surface area contributed by atoms with E-state index in [1.165, 1.54) is 5.57 Å². The fourth-order valence-electron chi connectivity index (χ4n) is 10.5. The van der Waals surface area contributed by atoms with Crippen LogP contribution in [0.3, 0.4) is 0 Å². The van der Waals surface area contributed by atoms with Crippen LogP contribution in [0.25, 0.3) is 10.8 Å². The molecule has 8 rings (SSSR count). The molecule has 0 unspecified atom stereocenters. The summed E-state index contributed by atoms with van der Waals surface area (Å²) in [7, 11) is 0. The minimum Gasteiger partial charge on any atom is -0.446 e. The van der Waals surface area contributed by atoms with Gasteiger partial charge in [0.1, 0.15) is 6.10 Å². The molecule has 2 N–H and O–H groups in total. The van der Waals surface area contributed by atoms with Crippen molar-refractivity contribution in [3.05, 3.63) is 130 Å². The molecule has 0 radical (unpaired) electrons. The zero-order valence-electron chi connectivity index (χ0n) is 34.8. The smallest absolute Gasteiger partial charge is 0.410 e. The van der Waals surface area contributed by atoms with Gasteiger partial charge in [0.05, 0.1) is 18.2 Å². The van der Waals surface area contributed by atoms with Crippen molar-refractivity contribution in [2.75, 3.05) is 6.54 Å². The maximum atomic E-state index is 14.8. The summed E-state index contributed by atoms with van der Waals surface area (Å²) in [6.07, 6.45) is 8.66. The third kappa shape index (κ3) is 8.78. The highest BCUT2D eigenvalue weighted by Crippen LogP contribution is 2.59. The van der Waals surface area contributed by atoms with Gasteiger partial charge >= 0.3 is 6.09 Å². The Morgan fingerprint density at radius 3 is 2.46 bits per heavy atom. The fraction of sp³-hybridized carbons (Fsp3) is 0.490. The molecule has 0 saturated heterocycles. The minimum atomic E-state index is -1.28. The largest absolute Gasteiger partial charge is 0.446 e. The van der Waals surface area contributed by atoms with E-state index in [0.29, 0.717) is 67.5 Å². The molecule has 4 aliphatic rings. The Kier molecular flexibility index (Phi) is 12.4. The second kappa shape index (κ2) is 17.3. The molecule has 302 valence electrons. The lowest BCUT2D eigenvalue weighted by Gasteiger charge is -2.46. The first-order chi connectivity index (χ1) is 27.3. The van der Waals surface area contributed by atoms with Gasteiger partial charge in [-0.05, 0) is 122 Å². The Balaban J connectivity index is 1.30. The second-order valence-electron chi connectivity index (χ2n) is 18.4. The predicted molar refractivity (Wildman–Crippen MR) is 229 cm³/mol. The van der Waals surface area contributed by atoms with E-state index in [9.17, 15) is 19.8 Å². The number of amides is 1. The summed E-state index contributed by atoms with van der Waals surface area (Å²) in [4.78, 5) is 31.0. The van der Waals surface area contributed by atoms with Gasteiger partial charge < -0.3 is 19.8 Å². The Hall–Kier alpha value is -4.26. The topological polar surface area (TPSA) is 87.1 Å². The van der Waals surface area contributed by atoms with E-state index in [1.807, 2.05) is 54.6 Å². The number of fused-ring (bicyclic) bond motifs is 9. The van der Waals surface area contributed by atoms with Crippen LogP contribution < -0.4 is 0 Å². The lowest BCUT2D eigenvalue weighted by molar-refractivity contribution is -0.0875. The molecule has 4 aliphatic carbocycles. The molecule has 0 spiro atoms. The normalized spacial score (nSPS) is 28.1. The van der Waals surface area contributed by atoms with Crippen LogP contribution in [-0.4, -0.2) is 51.3 Å². The summed E-state index contributed by atoms with van der Waals surface area (Å²) in [6, 6.07) is 30.0. The highest BCUT2D eigenvalue weighted by Gasteiger charge is 2.58. The third-order valence-corrected chi connectivity index (χ3v) is 14.1. The number of allylic oxidation sites excluding steroid dienone is 2. The number of hydrogen-bond acceptors (Lipinski definition) is 5. The van der Waals surface area contributed by atoms with Crippen molar-refractivity contribution in [2.45, 2.75) is 129 Å². The van der Waals surface area contributed by atoms with Gasteiger partial charge in [0.25, 0.3) is 0 Å². The van der Waals surface area contributed by atoms with Crippen molar-refractivity contribution in [2.24, 2.45) is 23.2 Å². The summed E-state index contributed by atoms with van der Waals surface area (Å²) in [5, 5.41) is 26.6. The average Bonchev–Trinajstić information content (AvgIpc) is 3.45. The van der Waals surface area contributed by atoms with Crippen molar-refractivity contribution in [3.8, 4) is 0 Å². The van der Waals surface area contributed by atoms with Crippen LogP contribution in [-0.2, 0) is 17.7 Å². The van der Waals surface area contributed by atoms with Gasteiger partial charge in [-0.3, -0.25) is 4.79 Å². The lowest BCUT2D eigenvalue weighted by atomic mass is 9.64. The lowest BCUT2D eigenvalue weighted by Crippen LogP contribution is -2.54. The number of ketones is 1. The summed E-state index contributed by atoms with van der Waals surface area (Å²) in [5.41, 5.74) is 3.38. The number of aliphatic hydroxyl groups excluding tert-OH is 1. The molecular formula is C51H63NO5. The zero-order valence-corrected chi connectivity index (χ0v) is 34.8. The quantitative estimate of drug-likeness (QED) is 0.138. The Morgan fingerprint density at radius 2 is 1.67 bits per heavy atom. The van der Waals surface area contributed by atoms with E-state index >= 15 is 0 Å². The van der Waals surface area contributed by atoms with Crippen molar-refractivity contribution < 1.29 is 24.5 Å². The molecule has 2 saturated carbocycles. The molecule has 57 heavy (non-hydrogen) atoms. The predicted octanol–water partition coefficient (Wildman–Crippen LogP) is 11.2. The fourth-order valence-corrected chi connectivity index (χ4v) is 10.5. The molecule has 2 bridgehead atoms. The molecule has 6 nitrogen and oxygen atoms in total. The van der Waals surface area contributed by atoms with E-state index in [-0.39, 0.29) is 30.4 Å². The number of hydrogen-bond donors (Lipinski definition) is 2. The third-order valence-electron chi connectivity index (χ3n) is 14.1. The SMILES string of the molecule is CC1=CCC[C@@]2(C)[C@@H](CC[C@@]2(O)CN(Cc2cccc3ccccc23)C(=O)O[C@H]2C[C@@H](C)CC[C@@H]2C(C)C)c2ccc(cc2C(=O)c2ccccc2)C[C@@H](O)CC1. The second-order valence-corrected chi connectivity index (χ2v) is 18.4. The van der Waals surface area contributed by atoms with Crippen LogP contribution in [0, 0.1) is 23.2 Å². The number of ether oxygens (including phenoxy) is 1. The molecular weight excluding hydrogens is 707 g/mol. The van der Waals surface area contributed by atoms with Gasteiger partial charge in [0.2, 0.25) is 0 Å². The first-order valence-corrected chi connectivity index (χ1v) is 21.6. The first kappa shape index (κ1) is 40.9. The zero-order chi connectivity index (χ0) is 40.3. The molecule has 4 aromatic rings. The van der Waals surface area contributed by atoms with E-state index in [1.54, 1.807) is 4.90 Å². The standard InChI is InChI=1S/C51H63NO5/c1-34(2)42-24-21-36(4)29-47(42)57-49(55)52(32-40-18-11-17-38-14-9-10-19-43(38)40)33-51(56)28-26-46-44-25-22-37(31-45(44)48(54)39-15-7-6-8-16-39)30-41(53)23-20-35(3)13-12-27-50(46,51)5/h6-11,13-19,22,25,31,34,36,41-42,46-47,53,56H,12,20-21,23-24,26-30,32-33H2,1-5H3/t36-,41-,42+,46-,47-,50-,51+/m0/s1. The minimum absolute atomic E-state index is 0.0508. The molecule has 1 amide bonds. The number of nitrogens with zero attached hydrogens (tertiary/aromatic N) is 1. The van der Waals surface area contributed by atoms with E-state index in [2.05, 4.69) is 77.1 Å². The van der Waals surface area contributed by atoms with Gasteiger partial charge in [-0.2, -0.15) is 0 Å². The molecule has 0 aromatic heterocycles. The van der Waals surface area contributed by atoms with Gasteiger partial charge in [-0.15, -0.1) is 0 Å². The van der Waals surface area contributed by atoms with E-state index < -0.39 is 17.1 Å². The van der Waals surface area contributed by atoms with Crippen molar-refractivity contribution in [1.29, 1.82) is 0 Å². The number of aliphatic hydroxyl groups is 2. The number of carbonyl (C=O) groups excluding carboxylic acids is 2. The van der Waals surface area contributed by atoms with Crippen molar-refractivity contribution in [3.63, 3.8) is 0 Å². The summed E-state index contributed by atoms with van der Waals surface area (Å²) < 4.78 is 6.59. The van der Waals surface area contributed by atoms with E-state index in [0.717, 1.165) is 59.6 Å². The Morgan fingerprint density at radius 1 is 0.912 bits per heavy atom. The number of carbonyl (C=O) groups is 2. The summed E-state index contributed by atoms with van der Waals surface area (Å²) in [6.45, 7) is 11.5. The van der Waals surface area contributed by atoms with E-state index in [4.69, 9.17) is 4.74 Å². The highest BCUT2D eigenvalue weighted by molar-refractivity contribution is 6.10. The molecule has 0 aliphatic heterocycles. The van der Waals surface area contributed by atoms with Crippen LogP contribution in [0.4, 0.5) is 4.79 Å². The summed E-state index contributed by atoms with van der Waals surface area (Å²) in [5.74, 6) is 0.960. The first-order valence-electron chi connectivity index (χ1n) is 21.6. The number of benzene rings is 4. The monoisotopic (exact) mass is 769 g/mol. The van der Waals surface area contributed by atoms with Gasteiger partial charge in [0, 0.05) is 23.1 Å². The molecule has 0 heterocycles. The molecule has 4 aromatic carbocycles. The maximum Gasteiger partial charge on any atom is 0.410 e.